The van der Waals surface area contributed by atoms with Gasteiger partial charge in [0.25, 0.3) is 0 Å². The Morgan fingerprint density at radius 1 is 0.897 bits per heavy atom. The van der Waals surface area contributed by atoms with Gasteiger partial charge in [0.15, 0.2) is 0 Å². The molecule has 0 fully saturated rings. The minimum Gasteiger partial charge on any atom is -0.492 e. The van der Waals surface area contributed by atoms with E-state index in [1.807, 2.05) is 18.2 Å². The number of fused-ring (bicyclic) bond motifs is 3. The minimum absolute atomic E-state index is 0.673. The van der Waals surface area contributed by atoms with E-state index < -0.39 is 0 Å². The Hall–Kier alpha value is -2.49. The van der Waals surface area contributed by atoms with Gasteiger partial charge in [-0.3, -0.25) is 0 Å². The van der Waals surface area contributed by atoms with E-state index in [9.17, 15) is 0 Å². The van der Waals surface area contributed by atoms with Crippen LogP contribution in [0.15, 0.2) is 66.7 Å². The molecule has 4 aromatic rings. The normalized spacial score (nSPS) is 11.6. The summed E-state index contributed by atoms with van der Waals surface area (Å²) in [5, 5.41) is 3.05. The third kappa shape index (κ3) is 3.98. The van der Waals surface area contributed by atoms with E-state index in [-0.39, 0.29) is 0 Å². The molecule has 0 aliphatic heterocycles. The molecule has 0 unspecified atom stereocenters. The predicted molar refractivity (Wildman–Crippen MR) is 123 cm³/mol. The monoisotopic (exact) mass is 406 g/mol. The van der Waals surface area contributed by atoms with Gasteiger partial charge in [-0.15, -0.1) is 0 Å². The third-order valence-corrected chi connectivity index (χ3v) is 5.87. The van der Waals surface area contributed by atoms with Crippen LogP contribution >= 0.6 is 11.6 Å². The highest BCUT2D eigenvalue weighted by Crippen LogP contribution is 2.38. The van der Waals surface area contributed by atoms with E-state index in [4.69, 9.17) is 16.3 Å². The summed E-state index contributed by atoms with van der Waals surface area (Å²) in [5.74, 6) is 0.925. The molecule has 0 aliphatic carbocycles. The van der Waals surface area contributed by atoms with Crippen molar-refractivity contribution in [2.24, 2.45) is 0 Å². The van der Waals surface area contributed by atoms with E-state index in [0.717, 1.165) is 58.8 Å². The molecule has 0 aliphatic rings. The zero-order valence-corrected chi connectivity index (χ0v) is 17.8. The van der Waals surface area contributed by atoms with Gasteiger partial charge in [0.2, 0.25) is 0 Å². The topological polar surface area (TPSA) is 17.4 Å². The van der Waals surface area contributed by atoms with Crippen LogP contribution < -0.4 is 4.74 Å². The number of hydrogen-bond donors (Lipinski definition) is 0. The number of para-hydroxylation sites is 1. The number of ether oxygens (including phenoxy) is 1. The van der Waals surface area contributed by atoms with Crippen molar-refractivity contribution in [2.75, 3.05) is 26.2 Å². The highest BCUT2D eigenvalue weighted by atomic mass is 35.5. The second-order valence-corrected chi connectivity index (χ2v) is 7.64. The lowest BCUT2D eigenvalue weighted by molar-refractivity contribution is 0.224. The van der Waals surface area contributed by atoms with Crippen molar-refractivity contribution in [3.8, 4) is 5.75 Å². The fraction of sp³-hybridized carbons (Fsp3) is 0.280. The number of aromatic nitrogens is 1. The first kappa shape index (κ1) is 19.8. The van der Waals surface area contributed by atoms with Gasteiger partial charge in [0, 0.05) is 23.9 Å². The van der Waals surface area contributed by atoms with E-state index in [1.54, 1.807) is 0 Å². The molecule has 29 heavy (non-hydrogen) atoms. The summed E-state index contributed by atoms with van der Waals surface area (Å²) in [5.41, 5.74) is 3.46. The van der Waals surface area contributed by atoms with Crippen LogP contribution in [0, 0.1) is 0 Å². The molecule has 4 heteroatoms. The van der Waals surface area contributed by atoms with Gasteiger partial charge in [-0.25, -0.2) is 0 Å². The van der Waals surface area contributed by atoms with Crippen molar-refractivity contribution in [1.29, 1.82) is 0 Å². The SMILES string of the molecule is CCN(CC)CCOc1cccc2c1c1cccc(Cl)c1n2Cc1ccccc1. The Kier molecular flexibility index (Phi) is 6.08. The zero-order chi connectivity index (χ0) is 20.2. The van der Waals surface area contributed by atoms with Gasteiger partial charge in [0.1, 0.15) is 12.4 Å². The van der Waals surface area contributed by atoms with Crippen molar-refractivity contribution in [3.63, 3.8) is 0 Å². The van der Waals surface area contributed by atoms with Crippen molar-refractivity contribution < 1.29 is 4.74 Å². The molecule has 0 spiro atoms. The van der Waals surface area contributed by atoms with Crippen LogP contribution in [0.2, 0.25) is 5.02 Å². The third-order valence-electron chi connectivity index (χ3n) is 5.56. The molecule has 0 saturated heterocycles. The average Bonchev–Trinajstić information content (AvgIpc) is 3.08. The van der Waals surface area contributed by atoms with Crippen LogP contribution in [0.3, 0.4) is 0 Å². The molecule has 150 valence electrons. The molecule has 0 atom stereocenters. The first-order valence-corrected chi connectivity index (χ1v) is 10.7. The highest BCUT2D eigenvalue weighted by molar-refractivity contribution is 6.36. The molecule has 0 N–H and O–H groups in total. The van der Waals surface area contributed by atoms with Crippen molar-refractivity contribution in [2.45, 2.75) is 20.4 Å². The number of likely N-dealkylation sites (N-methyl/N-ethyl adjacent to an activating group) is 1. The molecule has 1 aromatic heterocycles. The van der Waals surface area contributed by atoms with Gasteiger partial charge in [0.05, 0.1) is 16.1 Å². The van der Waals surface area contributed by atoms with Crippen LogP contribution in [-0.4, -0.2) is 35.7 Å². The van der Waals surface area contributed by atoms with Crippen molar-refractivity contribution in [3.05, 3.63) is 77.3 Å². The van der Waals surface area contributed by atoms with Gasteiger partial charge in [-0.05, 0) is 36.9 Å². The van der Waals surface area contributed by atoms with E-state index >= 15 is 0 Å². The number of hydrogen-bond acceptors (Lipinski definition) is 2. The van der Waals surface area contributed by atoms with Crippen LogP contribution in [0.5, 0.6) is 5.75 Å². The molecule has 0 radical (unpaired) electrons. The Labute approximate surface area is 177 Å². The van der Waals surface area contributed by atoms with Crippen LogP contribution in [0.4, 0.5) is 0 Å². The lowest BCUT2D eigenvalue weighted by Gasteiger charge is -2.18. The standard InChI is InChI=1S/C25H27ClN2O/c1-3-27(4-2)16-17-29-23-15-9-14-22-24(23)20-12-8-13-21(26)25(20)28(22)18-19-10-6-5-7-11-19/h5-15H,3-4,16-18H2,1-2H3. The van der Waals surface area contributed by atoms with Crippen molar-refractivity contribution in [1.82, 2.24) is 9.47 Å². The smallest absolute Gasteiger partial charge is 0.129 e. The predicted octanol–water partition coefficient (Wildman–Crippen LogP) is 6.22. The van der Waals surface area contributed by atoms with Crippen LogP contribution in [-0.2, 0) is 6.54 Å². The van der Waals surface area contributed by atoms with Gasteiger partial charge < -0.3 is 14.2 Å². The molecule has 0 bridgehead atoms. The maximum Gasteiger partial charge on any atom is 0.129 e. The second kappa shape index (κ2) is 8.89. The van der Waals surface area contributed by atoms with E-state index in [2.05, 4.69) is 71.8 Å². The number of rotatable bonds is 8. The molecule has 3 aromatic carbocycles. The summed E-state index contributed by atoms with van der Waals surface area (Å²) in [7, 11) is 0. The maximum atomic E-state index is 6.67. The number of nitrogens with zero attached hydrogens (tertiary/aromatic N) is 2. The molecular weight excluding hydrogens is 380 g/mol. The summed E-state index contributed by atoms with van der Waals surface area (Å²) in [6.07, 6.45) is 0. The first-order chi connectivity index (χ1) is 14.2. The minimum atomic E-state index is 0.673. The maximum absolute atomic E-state index is 6.67. The summed E-state index contributed by atoms with van der Waals surface area (Å²) in [6.45, 7) is 8.81. The van der Waals surface area contributed by atoms with Crippen LogP contribution in [0.1, 0.15) is 19.4 Å². The second-order valence-electron chi connectivity index (χ2n) is 7.23. The van der Waals surface area contributed by atoms with Crippen molar-refractivity contribution >= 4 is 33.4 Å². The van der Waals surface area contributed by atoms with Gasteiger partial charge in [-0.1, -0.05) is 74.0 Å². The van der Waals surface area contributed by atoms with E-state index in [1.165, 1.54) is 5.56 Å². The molecular formula is C25H27ClN2O. The fourth-order valence-electron chi connectivity index (χ4n) is 4.00. The average molecular weight is 407 g/mol. The Bertz CT molecular complexity index is 1100. The summed E-state index contributed by atoms with van der Waals surface area (Å²) in [4.78, 5) is 2.37. The molecule has 0 saturated carbocycles. The van der Waals surface area contributed by atoms with E-state index in [0.29, 0.717) is 6.61 Å². The molecule has 1 heterocycles. The molecule has 3 nitrogen and oxygen atoms in total. The van der Waals surface area contributed by atoms with Gasteiger partial charge >= 0.3 is 0 Å². The summed E-state index contributed by atoms with van der Waals surface area (Å²) < 4.78 is 8.57. The summed E-state index contributed by atoms with van der Waals surface area (Å²) in [6, 6.07) is 22.9. The Morgan fingerprint density at radius 3 is 2.41 bits per heavy atom. The zero-order valence-electron chi connectivity index (χ0n) is 17.1. The largest absolute Gasteiger partial charge is 0.492 e. The Balaban J connectivity index is 1.79. The van der Waals surface area contributed by atoms with Crippen LogP contribution in [0.25, 0.3) is 21.8 Å². The number of benzene rings is 3. The quantitative estimate of drug-likeness (QED) is 0.345. The molecule has 0 amide bonds. The number of halogens is 1. The highest BCUT2D eigenvalue weighted by Gasteiger charge is 2.17. The Morgan fingerprint density at radius 2 is 1.66 bits per heavy atom. The molecule has 4 rings (SSSR count). The fourth-order valence-corrected chi connectivity index (χ4v) is 4.28. The lowest BCUT2D eigenvalue weighted by atomic mass is 10.1. The lowest BCUT2D eigenvalue weighted by Crippen LogP contribution is -2.27. The first-order valence-electron chi connectivity index (χ1n) is 10.3. The summed E-state index contributed by atoms with van der Waals surface area (Å²) >= 11 is 6.67. The van der Waals surface area contributed by atoms with Gasteiger partial charge in [-0.2, -0.15) is 0 Å².